The van der Waals surface area contributed by atoms with Gasteiger partial charge in [-0.1, -0.05) is 18.2 Å². The molecule has 0 aliphatic carbocycles. The number of nitrogens with zero attached hydrogens (tertiary/aromatic N) is 1. The number of fused-ring (bicyclic) bond motifs is 1. The second-order valence-electron chi connectivity index (χ2n) is 4.97. The van der Waals surface area contributed by atoms with Gasteiger partial charge in [-0.2, -0.15) is 3.96 Å². The number of methoxy groups -OCH3 is 2. The average molecular weight is 341 g/mol. The van der Waals surface area contributed by atoms with Gasteiger partial charge in [0.25, 0.3) is 11.5 Å². The molecule has 1 heterocycles. The van der Waals surface area contributed by atoms with E-state index < -0.39 is 0 Å². The third-order valence-electron chi connectivity index (χ3n) is 3.52. The summed E-state index contributed by atoms with van der Waals surface area (Å²) in [4.78, 5) is 24.6. The van der Waals surface area contributed by atoms with Crippen molar-refractivity contribution in [2.24, 2.45) is 0 Å². The minimum Gasteiger partial charge on any atom is -0.493 e. The van der Waals surface area contributed by atoms with Crippen molar-refractivity contribution in [2.75, 3.05) is 14.2 Å². The summed E-state index contributed by atoms with van der Waals surface area (Å²) in [6, 6.07) is 12.5. The zero-order valence-electron chi connectivity index (χ0n) is 13.2. The Morgan fingerprint density at radius 2 is 1.83 bits per heavy atom. The molecule has 24 heavy (non-hydrogen) atoms. The van der Waals surface area contributed by atoms with Gasteiger partial charge in [-0.3, -0.25) is 9.59 Å². The lowest BCUT2D eigenvalue weighted by atomic mass is 10.2. The first-order chi connectivity index (χ1) is 11.6. The molecule has 0 saturated heterocycles. The van der Waals surface area contributed by atoms with Crippen LogP contribution in [0.4, 0.5) is 0 Å². The second-order valence-corrected chi connectivity index (χ2v) is 5.96. The topological polar surface area (TPSA) is 57.5 Å². The number of hydrogen-bond acceptors (Lipinski definition) is 5. The lowest BCUT2D eigenvalue weighted by Gasteiger charge is -2.07. The SMILES string of the molecule is COc1ccc(/C=C/C(=O)n2sc3ccccc3c2=O)cc1OC. The number of carbonyl (C=O) groups excluding carboxylic acids is 1. The van der Waals surface area contributed by atoms with Crippen LogP contribution in [-0.2, 0) is 0 Å². The molecule has 0 radical (unpaired) electrons. The molecule has 3 rings (SSSR count). The summed E-state index contributed by atoms with van der Waals surface area (Å²) in [7, 11) is 3.11. The van der Waals surface area contributed by atoms with Gasteiger partial charge in [0.2, 0.25) is 0 Å². The highest BCUT2D eigenvalue weighted by Crippen LogP contribution is 2.28. The highest BCUT2D eigenvalue weighted by atomic mass is 32.1. The van der Waals surface area contributed by atoms with E-state index in [9.17, 15) is 9.59 Å². The van der Waals surface area contributed by atoms with Crippen molar-refractivity contribution in [1.29, 1.82) is 0 Å². The van der Waals surface area contributed by atoms with Crippen molar-refractivity contribution < 1.29 is 14.3 Å². The second kappa shape index (κ2) is 6.72. The molecule has 0 unspecified atom stereocenters. The summed E-state index contributed by atoms with van der Waals surface area (Å²) in [5.74, 6) is 0.809. The van der Waals surface area contributed by atoms with Crippen LogP contribution in [0, 0.1) is 0 Å². The van der Waals surface area contributed by atoms with E-state index in [4.69, 9.17) is 9.47 Å². The predicted molar refractivity (Wildman–Crippen MR) is 95.3 cm³/mol. The van der Waals surface area contributed by atoms with Crippen LogP contribution < -0.4 is 15.0 Å². The van der Waals surface area contributed by atoms with Crippen molar-refractivity contribution >= 4 is 33.6 Å². The van der Waals surface area contributed by atoms with Gasteiger partial charge in [-0.15, -0.1) is 0 Å². The van der Waals surface area contributed by atoms with Gasteiger partial charge in [0.15, 0.2) is 11.5 Å². The smallest absolute Gasteiger partial charge is 0.275 e. The van der Waals surface area contributed by atoms with Crippen LogP contribution in [0.5, 0.6) is 11.5 Å². The molecule has 0 amide bonds. The molecule has 3 aromatic rings. The Labute approximate surface area is 142 Å². The van der Waals surface area contributed by atoms with E-state index in [2.05, 4.69) is 0 Å². The number of hydrogen-bond donors (Lipinski definition) is 0. The fourth-order valence-electron chi connectivity index (χ4n) is 2.31. The Kier molecular flexibility index (Phi) is 4.48. The van der Waals surface area contributed by atoms with Crippen LogP contribution in [0.2, 0.25) is 0 Å². The van der Waals surface area contributed by atoms with Crippen LogP contribution in [0.25, 0.3) is 16.2 Å². The minimum atomic E-state index is -0.379. The van der Waals surface area contributed by atoms with Crippen LogP contribution in [0.3, 0.4) is 0 Å². The van der Waals surface area contributed by atoms with E-state index in [1.54, 1.807) is 50.6 Å². The van der Waals surface area contributed by atoms with Gasteiger partial charge < -0.3 is 9.47 Å². The van der Waals surface area contributed by atoms with E-state index in [0.717, 1.165) is 25.8 Å². The van der Waals surface area contributed by atoms with Crippen LogP contribution >= 0.6 is 11.5 Å². The minimum absolute atomic E-state index is 0.294. The summed E-state index contributed by atoms with van der Waals surface area (Å²) in [5.41, 5.74) is 0.479. The molecule has 2 aromatic carbocycles. The third kappa shape index (κ3) is 2.96. The van der Waals surface area contributed by atoms with Gasteiger partial charge in [-0.25, -0.2) is 0 Å². The Bertz CT molecular complexity index is 984. The van der Waals surface area contributed by atoms with Crippen molar-refractivity contribution in [3.63, 3.8) is 0 Å². The zero-order valence-corrected chi connectivity index (χ0v) is 14.0. The van der Waals surface area contributed by atoms with Crippen molar-refractivity contribution in [3.8, 4) is 11.5 Å². The maximum Gasteiger partial charge on any atom is 0.275 e. The molecule has 122 valence electrons. The lowest BCUT2D eigenvalue weighted by Crippen LogP contribution is -2.18. The standard InChI is InChI=1S/C18H15NO4S/c1-22-14-9-7-12(11-15(14)23-2)8-10-17(20)19-18(21)13-5-3-4-6-16(13)24-19/h3-11H,1-2H3/b10-8+. The molecule has 6 heteroatoms. The maximum absolute atomic E-state index is 12.3. The Morgan fingerprint density at radius 3 is 2.54 bits per heavy atom. The van der Waals surface area contributed by atoms with Gasteiger partial charge in [-0.05, 0) is 47.4 Å². The van der Waals surface area contributed by atoms with E-state index in [0.29, 0.717) is 16.9 Å². The normalized spacial score (nSPS) is 11.1. The molecule has 5 nitrogen and oxygen atoms in total. The molecule has 0 bridgehead atoms. The van der Waals surface area contributed by atoms with Gasteiger partial charge in [0, 0.05) is 6.08 Å². The largest absolute Gasteiger partial charge is 0.493 e. The predicted octanol–water partition coefficient (Wildman–Crippen LogP) is 3.43. The molecule has 0 aliphatic rings. The fourth-order valence-corrected chi connectivity index (χ4v) is 3.23. The van der Waals surface area contributed by atoms with Crippen LogP contribution in [-0.4, -0.2) is 24.1 Å². The highest BCUT2D eigenvalue weighted by Gasteiger charge is 2.11. The molecule has 0 aliphatic heterocycles. The molecule has 0 spiro atoms. The molecule has 0 N–H and O–H groups in total. The van der Waals surface area contributed by atoms with Gasteiger partial charge in [0.05, 0.1) is 24.3 Å². The molecule has 1 aromatic heterocycles. The Balaban J connectivity index is 1.90. The zero-order chi connectivity index (χ0) is 17.1. The van der Waals surface area contributed by atoms with Crippen molar-refractivity contribution in [2.45, 2.75) is 0 Å². The van der Waals surface area contributed by atoms with Crippen molar-refractivity contribution in [1.82, 2.24) is 3.96 Å². The summed E-state index contributed by atoms with van der Waals surface area (Å²) in [6.07, 6.45) is 3.01. The van der Waals surface area contributed by atoms with Gasteiger partial charge >= 0.3 is 0 Å². The Morgan fingerprint density at radius 1 is 1.08 bits per heavy atom. The first-order valence-corrected chi connectivity index (χ1v) is 7.97. The lowest BCUT2D eigenvalue weighted by molar-refractivity contribution is 0.0978. The molecular formula is C18H15NO4S. The molecule has 0 fully saturated rings. The fraction of sp³-hybridized carbons (Fsp3) is 0.111. The number of rotatable bonds is 4. The number of ether oxygens (including phenoxy) is 2. The highest BCUT2D eigenvalue weighted by molar-refractivity contribution is 7.14. The van der Waals surface area contributed by atoms with E-state index in [1.165, 1.54) is 6.08 Å². The summed E-state index contributed by atoms with van der Waals surface area (Å²) >= 11 is 1.14. The average Bonchev–Trinajstić information content (AvgIpc) is 2.96. The number of aromatic nitrogens is 1. The molecule has 0 atom stereocenters. The van der Waals surface area contributed by atoms with Crippen LogP contribution in [0.15, 0.2) is 53.3 Å². The summed E-state index contributed by atoms with van der Waals surface area (Å²) in [5, 5.41) is 0.551. The number of carbonyl (C=O) groups is 1. The summed E-state index contributed by atoms with van der Waals surface area (Å²) in [6.45, 7) is 0. The Hall–Kier alpha value is -2.86. The van der Waals surface area contributed by atoms with Crippen molar-refractivity contribution in [3.05, 3.63) is 64.5 Å². The van der Waals surface area contributed by atoms with Crippen LogP contribution in [0.1, 0.15) is 10.4 Å². The first-order valence-electron chi connectivity index (χ1n) is 7.19. The van der Waals surface area contributed by atoms with E-state index >= 15 is 0 Å². The monoisotopic (exact) mass is 341 g/mol. The first kappa shape index (κ1) is 16.0. The van der Waals surface area contributed by atoms with E-state index in [1.807, 2.05) is 12.1 Å². The van der Waals surface area contributed by atoms with E-state index in [-0.39, 0.29) is 11.5 Å². The molecular weight excluding hydrogens is 326 g/mol. The summed E-state index contributed by atoms with van der Waals surface area (Å²) < 4.78 is 12.3. The quantitative estimate of drug-likeness (QED) is 0.682. The number of benzene rings is 2. The molecule has 0 saturated carbocycles. The maximum atomic E-state index is 12.3. The third-order valence-corrected chi connectivity index (χ3v) is 4.60. The number of allylic oxidation sites excluding steroid dienone is 1. The van der Waals surface area contributed by atoms with Gasteiger partial charge in [0.1, 0.15) is 0 Å².